The highest BCUT2D eigenvalue weighted by molar-refractivity contribution is 5.85. The summed E-state index contributed by atoms with van der Waals surface area (Å²) in [5, 5.41) is 11.6. The maximum absolute atomic E-state index is 11.2. The van der Waals surface area contributed by atoms with Crippen LogP contribution >= 0.6 is 0 Å². The molecule has 1 atom stereocenters. The van der Waals surface area contributed by atoms with E-state index in [0.29, 0.717) is 6.54 Å². The summed E-state index contributed by atoms with van der Waals surface area (Å²) in [6, 6.07) is -0.562. The number of carbonyl (C=O) groups excluding carboxylic acids is 1. The third kappa shape index (κ3) is 6.53. The molecule has 5 heteroatoms. The molecule has 94 valence electrons. The van der Waals surface area contributed by atoms with E-state index >= 15 is 0 Å². The molecule has 0 bridgehead atoms. The van der Waals surface area contributed by atoms with Gasteiger partial charge in [-0.25, -0.2) is 0 Å². The largest absolute Gasteiger partial charge is 0.481 e. The zero-order chi connectivity index (χ0) is 12.6. The molecule has 0 aromatic carbocycles. The van der Waals surface area contributed by atoms with Crippen LogP contribution in [0.25, 0.3) is 0 Å². The molecule has 0 aromatic heterocycles. The maximum Gasteiger partial charge on any atom is 0.305 e. The average molecular weight is 230 g/mol. The van der Waals surface area contributed by atoms with Gasteiger partial charge in [0.25, 0.3) is 0 Å². The van der Waals surface area contributed by atoms with Crippen molar-refractivity contribution in [3.05, 3.63) is 0 Å². The van der Waals surface area contributed by atoms with Crippen LogP contribution in [-0.2, 0) is 9.59 Å². The van der Waals surface area contributed by atoms with Gasteiger partial charge < -0.3 is 15.3 Å². The van der Waals surface area contributed by atoms with Crippen LogP contribution in [0.4, 0.5) is 0 Å². The van der Waals surface area contributed by atoms with E-state index < -0.39 is 12.0 Å². The number of ketones is 1. The van der Waals surface area contributed by atoms with Crippen LogP contribution in [0.2, 0.25) is 0 Å². The van der Waals surface area contributed by atoms with E-state index in [1.807, 2.05) is 0 Å². The Kier molecular flexibility index (Phi) is 7.76. The number of rotatable bonds is 9. The summed E-state index contributed by atoms with van der Waals surface area (Å²) < 4.78 is 0. The van der Waals surface area contributed by atoms with E-state index in [-0.39, 0.29) is 12.2 Å². The molecule has 1 unspecified atom stereocenters. The Morgan fingerprint density at radius 1 is 1.31 bits per heavy atom. The van der Waals surface area contributed by atoms with Crippen molar-refractivity contribution in [3.8, 4) is 0 Å². The van der Waals surface area contributed by atoms with Gasteiger partial charge in [0.2, 0.25) is 0 Å². The summed E-state index contributed by atoms with van der Waals surface area (Å²) in [5.74, 6) is -1.07. The second kappa shape index (κ2) is 8.24. The number of aliphatic carboxylic acids is 1. The highest BCUT2D eigenvalue weighted by Gasteiger charge is 2.16. The lowest BCUT2D eigenvalue weighted by atomic mass is 10.1. The molecule has 0 heterocycles. The standard InChI is InChI=1S/C11H22N2O3/c1-4-13(5-2)7-6-12-10(9(3)14)8-11(15)16/h10,12H,4-8H2,1-3H3,(H,15,16). The van der Waals surface area contributed by atoms with Crippen molar-refractivity contribution in [1.82, 2.24) is 10.2 Å². The number of Topliss-reactive ketones (excluding diaryl/α,β-unsaturated/α-hetero) is 1. The minimum atomic E-state index is -0.949. The first kappa shape index (κ1) is 15.1. The van der Waals surface area contributed by atoms with Gasteiger partial charge in [-0.1, -0.05) is 13.8 Å². The number of likely N-dealkylation sites (N-methyl/N-ethyl adjacent to an activating group) is 1. The molecule has 0 aliphatic rings. The highest BCUT2D eigenvalue weighted by atomic mass is 16.4. The molecule has 0 saturated heterocycles. The van der Waals surface area contributed by atoms with Gasteiger partial charge in [0.15, 0.2) is 0 Å². The number of carboxylic acid groups (broad SMARTS) is 1. The van der Waals surface area contributed by atoms with Crippen molar-refractivity contribution in [2.75, 3.05) is 26.2 Å². The molecule has 16 heavy (non-hydrogen) atoms. The zero-order valence-corrected chi connectivity index (χ0v) is 10.3. The first-order valence-electron chi connectivity index (χ1n) is 5.69. The van der Waals surface area contributed by atoms with E-state index in [4.69, 9.17) is 5.11 Å². The van der Waals surface area contributed by atoms with Crippen molar-refractivity contribution >= 4 is 11.8 Å². The Labute approximate surface area is 96.8 Å². The van der Waals surface area contributed by atoms with Crippen LogP contribution in [0.3, 0.4) is 0 Å². The molecule has 0 aromatic rings. The van der Waals surface area contributed by atoms with Crippen molar-refractivity contribution < 1.29 is 14.7 Å². The minimum Gasteiger partial charge on any atom is -0.481 e. The van der Waals surface area contributed by atoms with Crippen LogP contribution in [0.15, 0.2) is 0 Å². The molecule has 0 rings (SSSR count). The number of nitrogens with one attached hydrogen (secondary N) is 1. The third-order valence-corrected chi connectivity index (χ3v) is 2.58. The van der Waals surface area contributed by atoms with Crippen LogP contribution in [0, 0.1) is 0 Å². The normalized spacial score (nSPS) is 12.8. The molecule has 5 nitrogen and oxygen atoms in total. The predicted molar refractivity (Wildman–Crippen MR) is 62.5 cm³/mol. The zero-order valence-electron chi connectivity index (χ0n) is 10.3. The summed E-state index contributed by atoms with van der Waals surface area (Å²) in [4.78, 5) is 23.9. The molecule has 0 spiro atoms. The Bertz CT molecular complexity index is 227. The van der Waals surface area contributed by atoms with Crippen LogP contribution in [0.1, 0.15) is 27.2 Å². The SMILES string of the molecule is CCN(CC)CCNC(CC(=O)O)C(C)=O. The minimum absolute atomic E-state index is 0.123. The summed E-state index contributed by atoms with van der Waals surface area (Å²) in [6.07, 6.45) is -0.145. The van der Waals surface area contributed by atoms with E-state index in [9.17, 15) is 9.59 Å². The number of carboxylic acids is 1. The highest BCUT2D eigenvalue weighted by Crippen LogP contribution is 1.94. The fourth-order valence-corrected chi connectivity index (χ4v) is 1.47. The number of hydrogen-bond donors (Lipinski definition) is 2. The average Bonchev–Trinajstić information content (AvgIpc) is 2.22. The van der Waals surface area contributed by atoms with Gasteiger partial charge >= 0.3 is 5.97 Å². The van der Waals surface area contributed by atoms with E-state index in [1.54, 1.807) is 0 Å². The monoisotopic (exact) mass is 230 g/mol. The summed E-state index contributed by atoms with van der Waals surface area (Å²) in [6.45, 7) is 8.95. The Morgan fingerprint density at radius 2 is 1.88 bits per heavy atom. The Hall–Kier alpha value is -0.940. The van der Waals surface area contributed by atoms with E-state index in [0.717, 1.165) is 19.6 Å². The van der Waals surface area contributed by atoms with Crippen LogP contribution < -0.4 is 5.32 Å². The van der Waals surface area contributed by atoms with Crippen molar-refractivity contribution in [1.29, 1.82) is 0 Å². The quantitative estimate of drug-likeness (QED) is 0.598. The van der Waals surface area contributed by atoms with Crippen LogP contribution in [-0.4, -0.2) is 54.0 Å². The lowest BCUT2D eigenvalue weighted by Crippen LogP contribution is -2.41. The molecule has 0 fully saturated rings. The van der Waals surface area contributed by atoms with E-state index in [1.165, 1.54) is 6.92 Å². The molecule has 0 radical (unpaired) electrons. The number of carbonyl (C=O) groups is 2. The number of nitrogens with zero attached hydrogens (tertiary/aromatic N) is 1. The first-order valence-corrected chi connectivity index (χ1v) is 5.69. The van der Waals surface area contributed by atoms with Gasteiger partial charge in [0.05, 0.1) is 12.5 Å². The Morgan fingerprint density at radius 3 is 2.25 bits per heavy atom. The summed E-state index contributed by atoms with van der Waals surface area (Å²) in [7, 11) is 0. The summed E-state index contributed by atoms with van der Waals surface area (Å²) >= 11 is 0. The fraction of sp³-hybridized carbons (Fsp3) is 0.818. The first-order chi connectivity index (χ1) is 7.51. The van der Waals surface area contributed by atoms with Gasteiger partial charge in [-0.05, 0) is 20.0 Å². The molecular formula is C11H22N2O3. The predicted octanol–water partition coefficient (Wildman–Crippen LogP) is 0.350. The second-order valence-electron chi connectivity index (χ2n) is 3.74. The van der Waals surface area contributed by atoms with Gasteiger partial charge in [0.1, 0.15) is 5.78 Å². The fourth-order valence-electron chi connectivity index (χ4n) is 1.47. The van der Waals surface area contributed by atoms with E-state index in [2.05, 4.69) is 24.1 Å². The maximum atomic E-state index is 11.2. The molecule has 2 N–H and O–H groups in total. The lowest BCUT2D eigenvalue weighted by Gasteiger charge is -2.20. The summed E-state index contributed by atoms with van der Waals surface area (Å²) in [5.41, 5.74) is 0. The second-order valence-corrected chi connectivity index (χ2v) is 3.74. The smallest absolute Gasteiger partial charge is 0.305 e. The van der Waals surface area contributed by atoms with Crippen molar-refractivity contribution in [3.63, 3.8) is 0 Å². The Balaban J connectivity index is 3.93. The third-order valence-electron chi connectivity index (χ3n) is 2.58. The van der Waals surface area contributed by atoms with Crippen LogP contribution in [0.5, 0.6) is 0 Å². The van der Waals surface area contributed by atoms with Gasteiger partial charge in [0, 0.05) is 13.1 Å². The van der Waals surface area contributed by atoms with Gasteiger partial charge in [-0.2, -0.15) is 0 Å². The topological polar surface area (TPSA) is 69.6 Å². The lowest BCUT2D eigenvalue weighted by molar-refractivity contribution is -0.139. The van der Waals surface area contributed by atoms with Crippen molar-refractivity contribution in [2.45, 2.75) is 33.2 Å². The van der Waals surface area contributed by atoms with Gasteiger partial charge in [-0.15, -0.1) is 0 Å². The van der Waals surface area contributed by atoms with Crippen molar-refractivity contribution in [2.24, 2.45) is 0 Å². The molecule has 0 aliphatic carbocycles. The molecule has 0 aliphatic heterocycles. The molecule has 0 amide bonds. The molecule has 0 saturated carbocycles. The molecular weight excluding hydrogens is 208 g/mol. The van der Waals surface area contributed by atoms with Gasteiger partial charge in [-0.3, -0.25) is 9.59 Å². The number of hydrogen-bond acceptors (Lipinski definition) is 4.